The lowest BCUT2D eigenvalue weighted by Crippen LogP contribution is -2.33. The van der Waals surface area contributed by atoms with Crippen LogP contribution in [0, 0.1) is 0 Å². The SMILES string of the molecule is O=C(NCCN1CCCC1)c1ccc2c3c4c(c(-c5ccccc5Cl)cc3n(CCO)c2c1)C(=O)NC4=O. The number of carbonyl (C=O) groups is 3. The fourth-order valence-corrected chi connectivity index (χ4v) is 5.99. The van der Waals surface area contributed by atoms with Gasteiger partial charge < -0.3 is 19.9 Å². The molecule has 8 nitrogen and oxygen atoms in total. The number of halogens is 1. The van der Waals surface area contributed by atoms with E-state index < -0.39 is 11.8 Å². The van der Waals surface area contributed by atoms with E-state index in [4.69, 9.17) is 11.6 Å². The maximum absolute atomic E-state index is 13.1. The van der Waals surface area contributed by atoms with Gasteiger partial charge >= 0.3 is 0 Å². The van der Waals surface area contributed by atoms with Crippen molar-refractivity contribution in [2.75, 3.05) is 32.8 Å². The molecule has 38 heavy (non-hydrogen) atoms. The van der Waals surface area contributed by atoms with Gasteiger partial charge in [-0.1, -0.05) is 35.9 Å². The lowest BCUT2D eigenvalue weighted by molar-refractivity contribution is 0.0878. The van der Waals surface area contributed by atoms with Gasteiger partial charge in [0.2, 0.25) is 0 Å². The molecule has 1 fully saturated rings. The van der Waals surface area contributed by atoms with Gasteiger partial charge in [-0.3, -0.25) is 19.7 Å². The van der Waals surface area contributed by atoms with Gasteiger partial charge in [0.1, 0.15) is 0 Å². The van der Waals surface area contributed by atoms with E-state index in [1.165, 1.54) is 12.8 Å². The van der Waals surface area contributed by atoms with Crippen molar-refractivity contribution < 1.29 is 19.5 Å². The van der Waals surface area contributed by atoms with Crippen LogP contribution in [0.1, 0.15) is 43.9 Å². The second kappa shape index (κ2) is 9.87. The fraction of sp³-hybridized carbons (Fsp3) is 0.276. The Bertz CT molecular complexity index is 1620. The summed E-state index contributed by atoms with van der Waals surface area (Å²) >= 11 is 6.50. The molecule has 2 aliphatic rings. The molecule has 0 atom stereocenters. The molecule has 2 aliphatic heterocycles. The summed E-state index contributed by atoms with van der Waals surface area (Å²) in [4.78, 5) is 41.4. The van der Waals surface area contributed by atoms with E-state index in [-0.39, 0.29) is 30.2 Å². The molecule has 1 aromatic heterocycles. The first-order valence-electron chi connectivity index (χ1n) is 12.8. The Morgan fingerprint density at radius 2 is 1.71 bits per heavy atom. The van der Waals surface area contributed by atoms with E-state index in [0.717, 1.165) is 25.0 Å². The number of amides is 3. The minimum Gasteiger partial charge on any atom is -0.395 e. The summed E-state index contributed by atoms with van der Waals surface area (Å²) in [6.45, 7) is 3.62. The number of likely N-dealkylation sites (tertiary alicyclic amines) is 1. The molecule has 1 saturated heterocycles. The monoisotopic (exact) mass is 530 g/mol. The minimum atomic E-state index is -0.476. The van der Waals surface area contributed by atoms with E-state index in [2.05, 4.69) is 15.5 Å². The van der Waals surface area contributed by atoms with Gasteiger partial charge in [0.25, 0.3) is 17.7 Å². The number of imide groups is 1. The Hall–Kier alpha value is -3.72. The van der Waals surface area contributed by atoms with Crippen molar-refractivity contribution in [1.82, 2.24) is 20.1 Å². The first-order valence-corrected chi connectivity index (χ1v) is 13.2. The summed E-state index contributed by atoms with van der Waals surface area (Å²) in [6, 6.07) is 14.3. The average molecular weight is 531 g/mol. The van der Waals surface area contributed by atoms with Crippen molar-refractivity contribution in [3.05, 3.63) is 70.2 Å². The van der Waals surface area contributed by atoms with Gasteiger partial charge in [-0.25, -0.2) is 0 Å². The quantitative estimate of drug-likeness (QED) is 0.315. The lowest BCUT2D eigenvalue weighted by Gasteiger charge is -2.14. The van der Waals surface area contributed by atoms with Crippen molar-refractivity contribution in [1.29, 1.82) is 0 Å². The van der Waals surface area contributed by atoms with Crippen LogP contribution in [-0.2, 0) is 6.54 Å². The van der Waals surface area contributed by atoms with Gasteiger partial charge in [-0.05, 0) is 55.8 Å². The predicted molar refractivity (Wildman–Crippen MR) is 147 cm³/mol. The van der Waals surface area contributed by atoms with Crippen LogP contribution < -0.4 is 10.6 Å². The molecule has 0 spiro atoms. The second-order valence-electron chi connectivity index (χ2n) is 9.74. The summed E-state index contributed by atoms with van der Waals surface area (Å²) in [7, 11) is 0. The molecule has 3 heterocycles. The van der Waals surface area contributed by atoms with Gasteiger partial charge in [0, 0.05) is 52.1 Å². The molecule has 0 aliphatic carbocycles. The second-order valence-corrected chi connectivity index (χ2v) is 10.2. The largest absolute Gasteiger partial charge is 0.395 e. The van der Waals surface area contributed by atoms with E-state index in [1.54, 1.807) is 24.3 Å². The van der Waals surface area contributed by atoms with Crippen LogP contribution in [-0.4, -0.2) is 65.1 Å². The normalized spacial score (nSPS) is 15.4. The highest BCUT2D eigenvalue weighted by Gasteiger charge is 2.35. The molecule has 3 N–H and O–H groups in total. The Labute approximate surface area is 224 Å². The minimum absolute atomic E-state index is 0.144. The number of fused-ring (bicyclic) bond motifs is 5. The molecule has 3 aromatic carbocycles. The maximum atomic E-state index is 13.1. The highest BCUT2D eigenvalue weighted by Crippen LogP contribution is 2.42. The first-order chi connectivity index (χ1) is 18.5. The molecule has 6 rings (SSSR count). The molecule has 0 unspecified atom stereocenters. The zero-order valence-corrected chi connectivity index (χ0v) is 21.5. The van der Waals surface area contributed by atoms with E-state index >= 15 is 0 Å². The number of hydrogen-bond acceptors (Lipinski definition) is 5. The number of rotatable bonds is 7. The Morgan fingerprint density at radius 1 is 0.947 bits per heavy atom. The number of aliphatic hydroxyl groups excluding tert-OH is 1. The number of carbonyl (C=O) groups excluding carboxylic acids is 3. The Morgan fingerprint density at radius 3 is 2.47 bits per heavy atom. The van der Waals surface area contributed by atoms with Crippen molar-refractivity contribution in [2.24, 2.45) is 0 Å². The molecule has 194 valence electrons. The van der Waals surface area contributed by atoms with Gasteiger partial charge in [-0.2, -0.15) is 0 Å². The Kier molecular flexibility index (Phi) is 6.39. The summed E-state index contributed by atoms with van der Waals surface area (Å²) in [5.74, 6) is -1.13. The van der Waals surface area contributed by atoms with Crippen LogP contribution >= 0.6 is 11.6 Å². The zero-order valence-electron chi connectivity index (χ0n) is 20.7. The van der Waals surface area contributed by atoms with Crippen molar-refractivity contribution >= 4 is 51.1 Å². The van der Waals surface area contributed by atoms with Crippen LogP contribution in [0.3, 0.4) is 0 Å². The molecular formula is C29H27ClN4O4. The van der Waals surface area contributed by atoms with Gasteiger partial charge in [0.05, 0.1) is 23.3 Å². The molecule has 0 radical (unpaired) electrons. The first kappa shape index (κ1) is 24.6. The van der Waals surface area contributed by atoms with Gasteiger partial charge in [0.15, 0.2) is 0 Å². The topological polar surface area (TPSA) is 104 Å². The van der Waals surface area contributed by atoms with Crippen LogP contribution in [0.2, 0.25) is 5.02 Å². The molecule has 9 heteroatoms. The maximum Gasteiger partial charge on any atom is 0.259 e. The third-order valence-electron chi connectivity index (χ3n) is 7.50. The smallest absolute Gasteiger partial charge is 0.259 e. The molecule has 0 bridgehead atoms. The van der Waals surface area contributed by atoms with Crippen molar-refractivity contribution in [3.63, 3.8) is 0 Å². The van der Waals surface area contributed by atoms with E-state index in [1.807, 2.05) is 28.8 Å². The van der Waals surface area contributed by atoms with E-state index in [0.29, 0.717) is 44.7 Å². The standard InChI is InChI=1S/C29H27ClN4O4/c30-21-6-2-1-5-18(21)20-16-23-24(26-25(20)28(37)32-29(26)38)19-8-7-17(15-22(19)34(23)13-14-35)27(36)31-9-12-33-10-3-4-11-33/h1-2,5-8,15-16,35H,3-4,9-14H2,(H,31,36)(H,32,37,38). The number of nitrogens with one attached hydrogen (secondary N) is 2. The Balaban J connectivity index is 1.50. The predicted octanol–water partition coefficient (Wildman–Crippen LogP) is 3.82. The van der Waals surface area contributed by atoms with E-state index in [9.17, 15) is 19.5 Å². The summed E-state index contributed by atoms with van der Waals surface area (Å²) in [5.41, 5.74) is 3.61. The molecular weight excluding hydrogens is 504 g/mol. The van der Waals surface area contributed by atoms with Crippen LogP contribution in [0.4, 0.5) is 0 Å². The van der Waals surface area contributed by atoms with Crippen molar-refractivity contribution in [2.45, 2.75) is 19.4 Å². The van der Waals surface area contributed by atoms with Gasteiger partial charge in [-0.15, -0.1) is 0 Å². The van der Waals surface area contributed by atoms with Crippen molar-refractivity contribution in [3.8, 4) is 11.1 Å². The van der Waals surface area contributed by atoms with Crippen LogP contribution in [0.25, 0.3) is 32.9 Å². The van der Waals surface area contributed by atoms with Crippen LogP contribution in [0.5, 0.6) is 0 Å². The fourth-order valence-electron chi connectivity index (χ4n) is 5.75. The summed E-state index contributed by atoms with van der Waals surface area (Å²) in [6.07, 6.45) is 2.40. The van der Waals surface area contributed by atoms with Crippen LogP contribution in [0.15, 0.2) is 48.5 Å². The number of aliphatic hydroxyl groups is 1. The number of benzene rings is 3. The highest BCUT2D eigenvalue weighted by atomic mass is 35.5. The third-order valence-corrected chi connectivity index (χ3v) is 7.83. The lowest BCUT2D eigenvalue weighted by atomic mass is 9.92. The molecule has 3 amide bonds. The number of aromatic nitrogens is 1. The number of hydrogen-bond donors (Lipinski definition) is 3. The summed E-state index contributed by atoms with van der Waals surface area (Å²) in [5, 5.41) is 17.2. The third kappa shape index (κ3) is 4.05. The highest BCUT2D eigenvalue weighted by molar-refractivity contribution is 6.36. The summed E-state index contributed by atoms with van der Waals surface area (Å²) < 4.78 is 1.89. The number of nitrogens with zero attached hydrogens (tertiary/aromatic N) is 2. The zero-order chi connectivity index (χ0) is 26.4. The molecule has 4 aromatic rings. The average Bonchev–Trinajstić information content (AvgIpc) is 3.61. The molecule has 0 saturated carbocycles.